The second-order valence-electron chi connectivity index (χ2n) is 12.0. The van der Waals surface area contributed by atoms with Crippen molar-refractivity contribution >= 4 is 87.6 Å². The Hall–Kier alpha value is -6.26. The maximum atomic E-state index is 6.65. The Balaban J connectivity index is 1.17. The highest BCUT2D eigenvalue weighted by molar-refractivity contribution is 6.22. The van der Waals surface area contributed by atoms with E-state index in [1.165, 1.54) is 21.8 Å². The summed E-state index contributed by atoms with van der Waals surface area (Å²) in [6, 6.07) is 48.8. The molecule has 214 valence electrons. The number of aromatic nitrogens is 1. The van der Waals surface area contributed by atoms with Gasteiger partial charge in [0.1, 0.15) is 22.3 Å². The van der Waals surface area contributed by atoms with E-state index in [0.29, 0.717) is 0 Å². The van der Waals surface area contributed by atoms with Crippen LogP contribution in [-0.4, -0.2) is 4.57 Å². The van der Waals surface area contributed by atoms with Gasteiger partial charge in [-0.3, -0.25) is 0 Å². The normalized spacial score (nSPS) is 12.3. The summed E-state index contributed by atoms with van der Waals surface area (Å²) in [5.74, 6) is 0. The Morgan fingerprint density at radius 3 is 1.80 bits per heavy atom. The van der Waals surface area contributed by atoms with Crippen molar-refractivity contribution in [3.05, 3.63) is 140 Å². The Kier molecular flexibility index (Phi) is 4.55. The van der Waals surface area contributed by atoms with Crippen LogP contribution < -0.4 is 0 Å². The number of rotatable bonds is 2. The molecular weight excluding hydrogens is 566 g/mol. The highest BCUT2D eigenvalue weighted by atomic mass is 16.4. The minimum absolute atomic E-state index is 0.765. The molecule has 7 aromatic carbocycles. The molecule has 0 atom stereocenters. The van der Waals surface area contributed by atoms with Crippen LogP contribution in [0.1, 0.15) is 0 Å². The van der Waals surface area contributed by atoms with Gasteiger partial charge in [0.25, 0.3) is 0 Å². The third-order valence-electron chi connectivity index (χ3n) is 9.61. The van der Waals surface area contributed by atoms with E-state index in [0.717, 1.165) is 82.6 Å². The maximum Gasteiger partial charge on any atom is 0.178 e. The van der Waals surface area contributed by atoms with Crippen LogP contribution in [-0.2, 0) is 0 Å². The molecule has 0 saturated carbocycles. The molecule has 0 spiro atoms. The first kappa shape index (κ1) is 24.1. The van der Waals surface area contributed by atoms with Crippen molar-refractivity contribution in [2.45, 2.75) is 0 Å². The first-order valence-electron chi connectivity index (χ1n) is 15.5. The number of hydrogen-bond donors (Lipinski definition) is 0. The van der Waals surface area contributed by atoms with E-state index >= 15 is 0 Å². The second-order valence-corrected chi connectivity index (χ2v) is 12.0. The van der Waals surface area contributed by atoms with Gasteiger partial charge in [0.2, 0.25) is 0 Å². The van der Waals surface area contributed by atoms with Crippen LogP contribution in [0.15, 0.2) is 153 Å². The van der Waals surface area contributed by atoms with Crippen molar-refractivity contribution in [2.75, 3.05) is 0 Å². The number of para-hydroxylation sites is 3. The first-order valence-corrected chi connectivity index (χ1v) is 15.5. The minimum atomic E-state index is 0.765. The lowest BCUT2D eigenvalue weighted by Gasteiger charge is -2.09. The third kappa shape index (κ3) is 3.07. The largest absolute Gasteiger partial charge is 0.456 e. The van der Waals surface area contributed by atoms with Gasteiger partial charge in [-0.05, 0) is 71.8 Å². The van der Waals surface area contributed by atoms with Gasteiger partial charge in [-0.1, -0.05) is 78.9 Å². The van der Waals surface area contributed by atoms with Gasteiger partial charge in [-0.25, -0.2) is 0 Å². The van der Waals surface area contributed by atoms with Crippen molar-refractivity contribution in [2.24, 2.45) is 0 Å². The van der Waals surface area contributed by atoms with Crippen LogP contribution in [0.4, 0.5) is 0 Å². The zero-order valence-electron chi connectivity index (χ0n) is 24.5. The van der Waals surface area contributed by atoms with E-state index < -0.39 is 0 Å². The van der Waals surface area contributed by atoms with E-state index in [9.17, 15) is 0 Å². The van der Waals surface area contributed by atoms with Crippen molar-refractivity contribution < 1.29 is 13.3 Å². The van der Waals surface area contributed by atoms with Crippen LogP contribution in [0.3, 0.4) is 0 Å². The van der Waals surface area contributed by atoms with Crippen LogP contribution in [0.5, 0.6) is 0 Å². The van der Waals surface area contributed by atoms with Crippen LogP contribution in [0.2, 0.25) is 0 Å². The maximum absolute atomic E-state index is 6.65. The Morgan fingerprint density at radius 1 is 0.370 bits per heavy atom. The monoisotopic (exact) mass is 589 g/mol. The van der Waals surface area contributed by atoms with E-state index in [1.807, 2.05) is 18.2 Å². The summed E-state index contributed by atoms with van der Waals surface area (Å²) < 4.78 is 21.8. The summed E-state index contributed by atoms with van der Waals surface area (Å²) >= 11 is 0. The average molecular weight is 590 g/mol. The summed E-state index contributed by atoms with van der Waals surface area (Å²) in [7, 11) is 0. The average Bonchev–Trinajstić information content (AvgIpc) is 3.86. The lowest BCUT2D eigenvalue weighted by Crippen LogP contribution is -1.94. The minimum Gasteiger partial charge on any atom is -0.456 e. The summed E-state index contributed by atoms with van der Waals surface area (Å²) in [4.78, 5) is 0. The summed E-state index contributed by atoms with van der Waals surface area (Å²) in [5, 5.41) is 8.92. The zero-order chi connectivity index (χ0) is 29.9. The molecule has 0 unspecified atom stereocenters. The molecule has 0 amide bonds. The molecule has 0 bridgehead atoms. The quantitative estimate of drug-likeness (QED) is 0.201. The van der Waals surface area contributed by atoms with Gasteiger partial charge in [0.15, 0.2) is 11.2 Å². The molecule has 4 heterocycles. The topological polar surface area (TPSA) is 44.4 Å². The second kappa shape index (κ2) is 8.68. The lowest BCUT2D eigenvalue weighted by molar-refractivity contribution is 0.633. The van der Waals surface area contributed by atoms with E-state index in [1.54, 1.807) is 0 Å². The number of furan rings is 3. The molecule has 4 aromatic heterocycles. The van der Waals surface area contributed by atoms with Gasteiger partial charge in [-0.15, -0.1) is 0 Å². The highest BCUT2D eigenvalue weighted by Gasteiger charge is 2.21. The SMILES string of the molecule is c1ccc2c(c1)oc1cccc(-c3ccc4oc5c(ccc6c5oc5cccc(-n7c8ccccc8c8ccccc87)c56)c4c3)c12. The van der Waals surface area contributed by atoms with Crippen molar-refractivity contribution in [1.29, 1.82) is 0 Å². The molecule has 4 nitrogen and oxygen atoms in total. The molecule has 0 aliphatic carbocycles. The zero-order valence-corrected chi connectivity index (χ0v) is 24.5. The highest BCUT2D eigenvalue weighted by Crippen LogP contribution is 2.44. The molecule has 0 fully saturated rings. The lowest BCUT2D eigenvalue weighted by atomic mass is 9.98. The summed E-state index contributed by atoms with van der Waals surface area (Å²) in [6.07, 6.45) is 0. The molecule has 0 N–H and O–H groups in total. The molecule has 11 aromatic rings. The van der Waals surface area contributed by atoms with Crippen LogP contribution >= 0.6 is 0 Å². The van der Waals surface area contributed by atoms with E-state index in [-0.39, 0.29) is 0 Å². The number of fused-ring (bicyclic) bond motifs is 13. The fourth-order valence-corrected chi connectivity index (χ4v) is 7.65. The molecule has 46 heavy (non-hydrogen) atoms. The molecule has 0 radical (unpaired) electrons. The number of benzene rings is 7. The standard InChI is InChI=1S/C42H23NO3/c1-4-13-32-26(9-1)27-10-2-5-14-33(27)43(32)34-15-8-18-38-40(34)30-21-20-28-31-23-24(19-22-36(31)45-41(28)42(30)46-38)25-12-7-17-37-39(25)29-11-3-6-16-35(29)44-37/h1-23H. The van der Waals surface area contributed by atoms with E-state index in [2.05, 4.69) is 126 Å². The molecule has 4 heteroatoms. The predicted molar refractivity (Wildman–Crippen MR) is 188 cm³/mol. The van der Waals surface area contributed by atoms with Crippen molar-refractivity contribution in [3.8, 4) is 16.8 Å². The fraction of sp³-hybridized carbons (Fsp3) is 0. The molecule has 0 aliphatic rings. The van der Waals surface area contributed by atoms with Gasteiger partial charge in [-0.2, -0.15) is 0 Å². The Morgan fingerprint density at radius 2 is 0.978 bits per heavy atom. The van der Waals surface area contributed by atoms with E-state index in [4.69, 9.17) is 13.3 Å². The Labute approximate surface area is 261 Å². The smallest absolute Gasteiger partial charge is 0.178 e. The summed E-state index contributed by atoms with van der Waals surface area (Å²) in [6.45, 7) is 0. The molecule has 0 aliphatic heterocycles. The third-order valence-corrected chi connectivity index (χ3v) is 9.61. The van der Waals surface area contributed by atoms with Crippen LogP contribution in [0.25, 0.3) is 104 Å². The number of hydrogen-bond acceptors (Lipinski definition) is 3. The Bertz CT molecular complexity index is 2980. The molecule has 11 rings (SSSR count). The van der Waals surface area contributed by atoms with Crippen molar-refractivity contribution in [3.63, 3.8) is 0 Å². The molecular formula is C42H23NO3. The van der Waals surface area contributed by atoms with Gasteiger partial charge in [0.05, 0.1) is 22.1 Å². The van der Waals surface area contributed by atoms with Gasteiger partial charge < -0.3 is 17.8 Å². The van der Waals surface area contributed by atoms with Crippen molar-refractivity contribution in [1.82, 2.24) is 4.57 Å². The van der Waals surface area contributed by atoms with Gasteiger partial charge >= 0.3 is 0 Å². The summed E-state index contributed by atoms with van der Waals surface area (Å²) in [5.41, 5.74) is 10.7. The molecule has 0 saturated heterocycles. The first-order chi connectivity index (χ1) is 22.8. The predicted octanol–water partition coefficient (Wildman–Crippen LogP) is 12.1. The number of nitrogens with zero attached hydrogens (tertiary/aromatic N) is 1. The van der Waals surface area contributed by atoms with Crippen LogP contribution in [0, 0.1) is 0 Å². The van der Waals surface area contributed by atoms with Gasteiger partial charge in [0, 0.05) is 37.7 Å². The fourth-order valence-electron chi connectivity index (χ4n) is 7.65.